The first-order valence-corrected chi connectivity index (χ1v) is 8.95. The summed E-state index contributed by atoms with van der Waals surface area (Å²) in [6.07, 6.45) is 5.10. The lowest BCUT2D eigenvalue weighted by Gasteiger charge is -2.38. The Morgan fingerprint density at radius 1 is 1.08 bits per heavy atom. The predicted octanol–water partition coefficient (Wildman–Crippen LogP) is 6.38. The highest BCUT2D eigenvalue weighted by molar-refractivity contribution is 6.42. The van der Waals surface area contributed by atoms with Crippen molar-refractivity contribution in [3.05, 3.63) is 78.8 Å². The quantitative estimate of drug-likeness (QED) is 0.364. The zero-order valence-electron chi connectivity index (χ0n) is 12.9. The Morgan fingerprint density at radius 2 is 1.88 bits per heavy atom. The molecule has 1 heterocycles. The molecule has 2 aromatic carbocycles. The van der Waals surface area contributed by atoms with E-state index in [-0.39, 0.29) is 23.6 Å². The maximum atomic E-state index is 11.2. The second-order valence-electron chi connectivity index (χ2n) is 6.30. The molecule has 3 atom stereocenters. The number of allylic oxidation sites excluding steroid dienone is 2. The van der Waals surface area contributed by atoms with Gasteiger partial charge in [-0.3, -0.25) is 10.1 Å². The molecule has 0 saturated heterocycles. The first-order chi connectivity index (χ1) is 12.0. The van der Waals surface area contributed by atoms with E-state index >= 15 is 0 Å². The molecule has 0 fully saturated rings. The minimum atomic E-state index is -0.412. The molecule has 7 heteroatoms. The number of rotatable bonds is 2. The smallest absolute Gasteiger partial charge is 0.271 e. The van der Waals surface area contributed by atoms with Crippen LogP contribution in [0.25, 0.3) is 0 Å². The van der Waals surface area contributed by atoms with Gasteiger partial charge in [0, 0.05) is 18.1 Å². The molecule has 2 aromatic rings. The minimum absolute atomic E-state index is 0.00113. The van der Waals surface area contributed by atoms with E-state index in [1.54, 1.807) is 12.1 Å². The molecule has 1 N–H and O–H groups in total. The lowest BCUT2D eigenvalue weighted by Crippen LogP contribution is -2.29. The standard InChI is InChI=1S/C18H13Cl3N2O2/c19-14-5-4-9(6-15(14)20)17-12-3-1-2-11(12)13-7-10(23(24)25)8-16(21)18(13)22-17/h1-2,4-8,11-12,17,22H,3H2/t11-,12-,17+/m1/s1. The fourth-order valence-corrected chi connectivity index (χ4v) is 4.36. The number of nitro benzene ring substituents is 1. The lowest BCUT2D eigenvalue weighted by atomic mass is 9.77. The Labute approximate surface area is 159 Å². The van der Waals surface area contributed by atoms with Gasteiger partial charge in [0.15, 0.2) is 0 Å². The second kappa shape index (κ2) is 6.20. The Bertz CT molecular complexity index is 913. The summed E-state index contributed by atoms with van der Waals surface area (Å²) in [5.74, 6) is 0.316. The molecule has 1 aliphatic heterocycles. The van der Waals surface area contributed by atoms with Crippen LogP contribution in [0.2, 0.25) is 15.1 Å². The first-order valence-electron chi connectivity index (χ1n) is 7.81. The normalized spacial score (nSPS) is 23.7. The van der Waals surface area contributed by atoms with Crippen LogP contribution >= 0.6 is 34.8 Å². The van der Waals surface area contributed by atoms with Gasteiger partial charge in [0.1, 0.15) is 0 Å². The number of hydrogen-bond donors (Lipinski definition) is 1. The first kappa shape index (κ1) is 16.7. The number of nitrogens with one attached hydrogen (secondary N) is 1. The molecule has 2 aliphatic rings. The van der Waals surface area contributed by atoms with Gasteiger partial charge in [-0.25, -0.2) is 0 Å². The Kier molecular flexibility index (Phi) is 4.14. The highest BCUT2D eigenvalue weighted by atomic mass is 35.5. The summed E-state index contributed by atoms with van der Waals surface area (Å²) in [7, 11) is 0. The summed E-state index contributed by atoms with van der Waals surface area (Å²) in [6, 6.07) is 8.60. The van der Waals surface area contributed by atoms with Gasteiger partial charge in [-0.2, -0.15) is 0 Å². The zero-order valence-corrected chi connectivity index (χ0v) is 15.1. The van der Waals surface area contributed by atoms with Gasteiger partial charge in [-0.15, -0.1) is 0 Å². The summed E-state index contributed by atoms with van der Waals surface area (Å²) in [5.41, 5.74) is 2.65. The van der Waals surface area contributed by atoms with E-state index < -0.39 is 4.92 Å². The topological polar surface area (TPSA) is 55.2 Å². The Hall–Kier alpha value is -1.75. The van der Waals surface area contributed by atoms with Crippen molar-refractivity contribution in [1.29, 1.82) is 0 Å². The molecule has 0 saturated carbocycles. The fraction of sp³-hybridized carbons (Fsp3) is 0.222. The number of halogens is 3. The molecular formula is C18H13Cl3N2O2. The monoisotopic (exact) mass is 394 g/mol. The number of hydrogen-bond acceptors (Lipinski definition) is 3. The van der Waals surface area contributed by atoms with E-state index in [1.807, 2.05) is 12.1 Å². The largest absolute Gasteiger partial charge is 0.376 e. The van der Waals surface area contributed by atoms with Gasteiger partial charge in [-0.1, -0.05) is 53.0 Å². The highest BCUT2D eigenvalue weighted by Crippen LogP contribution is 2.52. The third-order valence-corrected chi connectivity index (χ3v) is 5.96. The van der Waals surface area contributed by atoms with E-state index in [2.05, 4.69) is 17.5 Å². The van der Waals surface area contributed by atoms with Crippen molar-refractivity contribution in [1.82, 2.24) is 0 Å². The van der Waals surface area contributed by atoms with Crippen molar-refractivity contribution >= 4 is 46.2 Å². The van der Waals surface area contributed by atoms with Crippen molar-refractivity contribution in [2.24, 2.45) is 5.92 Å². The van der Waals surface area contributed by atoms with Gasteiger partial charge in [0.05, 0.1) is 31.7 Å². The van der Waals surface area contributed by atoms with Crippen LogP contribution in [0.15, 0.2) is 42.5 Å². The van der Waals surface area contributed by atoms with E-state index in [0.717, 1.165) is 23.2 Å². The third-order valence-electron chi connectivity index (χ3n) is 4.92. The van der Waals surface area contributed by atoms with E-state index in [0.29, 0.717) is 15.1 Å². The second-order valence-corrected chi connectivity index (χ2v) is 7.52. The number of anilines is 1. The molecule has 4 rings (SSSR count). The molecule has 128 valence electrons. The van der Waals surface area contributed by atoms with Crippen LogP contribution < -0.4 is 5.32 Å². The lowest BCUT2D eigenvalue weighted by molar-refractivity contribution is -0.384. The number of nitrogens with zero attached hydrogens (tertiary/aromatic N) is 1. The van der Waals surface area contributed by atoms with Crippen LogP contribution in [0.3, 0.4) is 0 Å². The molecule has 0 unspecified atom stereocenters. The molecule has 0 amide bonds. The maximum Gasteiger partial charge on any atom is 0.271 e. The van der Waals surface area contributed by atoms with E-state index in [4.69, 9.17) is 34.8 Å². The maximum absolute atomic E-state index is 11.2. The number of benzene rings is 2. The highest BCUT2D eigenvalue weighted by Gasteiger charge is 2.39. The number of non-ortho nitro benzene ring substituents is 1. The molecule has 0 spiro atoms. The van der Waals surface area contributed by atoms with Gasteiger partial charge in [0.2, 0.25) is 0 Å². The van der Waals surface area contributed by atoms with E-state index in [1.165, 1.54) is 6.07 Å². The van der Waals surface area contributed by atoms with Crippen LogP contribution in [0.4, 0.5) is 11.4 Å². The minimum Gasteiger partial charge on any atom is -0.376 e. The molecule has 0 aromatic heterocycles. The predicted molar refractivity (Wildman–Crippen MR) is 101 cm³/mol. The Balaban J connectivity index is 1.82. The zero-order chi connectivity index (χ0) is 17.7. The summed E-state index contributed by atoms with van der Waals surface area (Å²) in [6.45, 7) is 0. The molecule has 25 heavy (non-hydrogen) atoms. The number of nitro groups is 1. The van der Waals surface area contributed by atoms with Gasteiger partial charge < -0.3 is 5.32 Å². The summed E-state index contributed by atoms with van der Waals surface area (Å²) in [5, 5.41) is 16.0. The van der Waals surface area contributed by atoms with Gasteiger partial charge >= 0.3 is 0 Å². The fourth-order valence-electron chi connectivity index (χ4n) is 3.78. The molecule has 4 nitrogen and oxygen atoms in total. The van der Waals surface area contributed by atoms with Crippen molar-refractivity contribution in [3.8, 4) is 0 Å². The van der Waals surface area contributed by atoms with Crippen LogP contribution in [-0.2, 0) is 0 Å². The van der Waals surface area contributed by atoms with Crippen molar-refractivity contribution < 1.29 is 4.92 Å². The molecule has 0 radical (unpaired) electrons. The van der Waals surface area contributed by atoms with Gasteiger partial charge in [0.25, 0.3) is 5.69 Å². The van der Waals surface area contributed by atoms with Gasteiger partial charge in [-0.05, 0) is 35.6 Å². The summed E-state index contributed by atoms with van der Waals surface area (Å²) < 4.78 is 0. The number of fused-ring (bicyclic) bond motifs is 3. The summed E-state index contributed by atoms with van der Waals surface area (Å²) >= 11 is 18.6. The molecule has 1 aliphatic carbocycles. The van der Waals surface area contributed by atoms with Crippen molar-refractivity contribution in [2.75, 3.05) is 5.32 Å². The van der Waals surface area contributed by atoms with Crippen LogP contribution in [0.5, 0.6) is 0 Å². The molecular weight excluding hydrogens is 383 g/mol. The van der Waals surface area contributed by atoms with Crippen molar-refractivity contribution in [2.45, 2.75) is 18.4 Å². The third kappa shape index (κ3) is 2.78. The summed E-state index contributed by atoms with van der Waals surface area (Å²) in [4.78, 5) is 10.8. The average Bonchev–Trinajstić information content (AvgIpc) is 3.06. The SMILES string of the molecule is O=[N+]([O-])c1cc(Cl)c2c(c1)[C@@H]1C=CC[C@H]1[C@H](c1ccc(Cl)c(Cl)c1)N2. The average molecular weight is 396 g/mol. The van der Waals surface area contributed by atoms with Crippen LogP contribution in [0.1, 0.15) is 29.5 Å². The Morgan fingerprint density at radius 3 is 2.60 bits per heavy atom. The van der Waals surface area contributed by atoms with Crippen molar-refractivity contribution in [3.63, 3.8) is 0 Å². The molecule has 0 bridgehead atoms. The van der Waals surface area contributed by atoms with E-state index in [9.17, 15) is 10.1 Å². The van der Waals surface area contributed by atoms with Crippen LogP contribution in [0, 0.1) is 16.0 Å². The van der Waals surface area contributed by atoms with Crippen LogP contribution in [-0.4, -0.2) is 4.92 Å².